The summed E-state index contributed by atoms with van der Waals surface area (Å²) in [6.07, 6.45) is 1.76. The van der Waals surface area contributed by atoms with E-state index in [4.69, 9.17) is 9.47 Å². The number of likely N-dealkylation sites (tertiary alicyclic amines) is 1. The molecule has 2 N–H and O–H groups in total. The third kappa shape index (κ3) is 5.19. The van der Waals surface area contributed by atoms with Crippen molar-refractivity contribution in [3.63, 3.8) is 0 Å². The van der Waals surface area contributed by atoms with Gasteiger partial charge in [-0.1, -0.05) is 30.3 Å². The summed E-state index contributed by atoms with van der Waals surface area (Å²) in [7, 11) is 3.21. The van der Waals surface area contributed by atoms with E-state index < -0.39 is 0 Å². The van der Waals surface area contributed by atoms with E-state index in [1.54, 1.807) is 14.2 Å². The zero-order valence-corrected chi connectivity index (χ0v) is 16.8. The number of urea groups is 1. The lowest BCUT2D eigenvalue weighted by atomic mass is 10.0. The van der Waals surface area contributed by atoms with Crippen LogP contribution in [0.25, 0.3) is 0 Å². The Morgan fingerprint density at radius 2 is 1.86 bits per heavy atom. The van der Waals surface area contributed by atoms with Crippen LogP contribution in [0.5, 0.6) is 11.5 Å². The van der Waals surface area contributed by atoms with E-state index in [1.165, 1.54) is 0 Å². The van der Waals surface area contributed by atoms with Crippen LogP contribution in [0, 0.1) is 0 Å². The molecule has 3 rings (SSSR count). The summed E-state index contributed by atoms with van der Waals surface area (Å²) in [6, 6.07) is 14.8. The van der Waals surface area contributed by atoms with Gasteiger partial charge in [0.25, 0.3) is 0 Å². The number of benzene rings is 2. The zero-order chi connectivity index (χ0) is 20.6. The Morgan fingerprint density at radius 3 is 2.59 bits per heavy atom. The van der Waals surface area contributed by atoms with Gasteiger partial charge in [0.2, 0.25) is 5.91 Å². The summed E-state index contributed by atoms with van der Waals surface area (Å²) in [5.74, 6) is 1.29. The Morgan fingerprint density at radius 1 is 1.07 bits per heavy atom. The number of ether oxygens (including phenoxy) is 2. The summed E-state index contributed by atoms with van der Waals surface area (Å²) in [4.78, 5) is 26.6. The van der Waals surface area contributed by atoms with Gasteiger partial charge < -0.3 is 25.0 Å². The van der Waals surface area contributed by atoms with E-state index in [0.717, 1.165) is 24.0 Å². The first-order valence-electron chi connectivity index (χ1n) is 9.69. The monoisotopic (exact) mass is 397 g/mol. The van der Waals surface area contributed by atoms with Crippen molar-refractivity contribution in [2.24, 2.45) is 0 Å². The molecule has 154 valence electrons. The molecule has 0 aromatic heterocycles. The number of hydrogen-bond acceptors (Lipinski definition) is 4. The molecule has 0 aliphatic carbocycles. The average molecular weight is 397 g/mol. The first kappa shape index (κ1) is 20.5. The standard InChI is InChI=1S/C22H27N3O4/c1-28-17-10-11-18(20(13-17)29-2)19-9-6-12-25(19)21(26)15-24-22(27)23-14-16-7-4-3-5-8-16/h3-5,7-8,10-11,13,19H,6,9,12,14-15H2,1-2H3,(H2,23,24,27). The molecule has 1 aliphatic heterocycles. The van der Waals surface area contributed by atoms with Crippen molar-refractivity contribution in [1.82, 2.24) is 15.5 Å². The van der Waals surface area contributed by atoms with E-state index >= 15 is 0 Å². The van der Waals surface area contributed by atoms with Gasteiger partial charge >= 0.3 is 6.03 Å². The van der Waals surface area contributed by atoms with Gasteiger partial charge in [-0.15, -0.1) is 0 Å². The van der Waals surface area contributed by atoms with Crippen LogP contribution in [0.1, 0.15) is 30.0 Å². The summed E-state index contributed by atoms with van der Waals surface area (Å²) in [5, 5.41) is 5.42. The van der Waals surface area contributed by atoms with E-state index in [-0.39, 0.29) is 24.5 Å². The first-order valence-corrected chi connectivity index (χ1v) is 9.69. The Balaban J connectivity index is 1.57. The molecule has 3 amide bonds. The molecule has 0 bridgehead atoms. The van der Waals surface area contributed by atoms with Crippen LogP contribution >= 0.6 is 0 Å². The number of rotatable bonds is 7. The Hall–Kier alpha value is -3.22. The molecular weight excluding hydrogens is 370 g/mol. The maximum atomic E-state index is 12.7. The molecule has 1 heterocycles. The van der Waals surface area contributed by atoms with Crippen molar-refractivity contribution >= 4 is 11.9 Å². The summed E-state index contributed by atoms with van der Waals surface area (Å²) in [6.45, 7) is 1.03. The molecule has 0 saturated carbocycles. The van der Waals surface area contributed by atoms with Gasteiger partial charge in [0.05, 0.1) is 26.8 Å². The molecule has 7 heteroatoms. The van der Waals surface area contributed by atoms with Gasteiger partial charge in [-0.25, -0.2) is 4.79 Å². The van der Waals surface area contributed by atoms with E-state index in [0.29, 0.717) is 24.6 Å². The second kappa shape index (κ2) is 9.82. The summed E-state index contributed by atoms with van der Waals surface area (Å²) in [5.41, 5.74) is 1.95. The molecule has 1 aliphatic rings. The SMILES string of the molecule is COc1ccc(C2CCCN2C(=O)CNC(=O)NCc2ccccc2)c(OC)c1. The van der Waals surface area contributed by atoms with Crippen molar-refractivity contribution in [2.75, 3.05) is 27.3 Å². The van der Waals surface area contributed by atoms with Crippen molar-refractivity contribution < 1.29 is 19.1 Å². The highest BCUT2D eigenvalue weighted by Crippen LogP contribution is 2.38. The van der Waals surface area contributed by atoms with Gasteiger partial charge in [-0.05, 0) is 30.5 Å². The molecule has 2 aromatic rings. The quantitative estimate of drug-likeness (QED) is 0.753. The predicted octanol–water partition coefficient (Wildman–Crippen LogP) is 2.87. The maximum Gasteiger partial charge on any atom is 0.315 e. The number of carbonyl (C=O) groups excluding carboxylic acids is 2. The Kier molecular flexibility index (Phi) is 6.94. The van der Waals surface area contributed by atoms with Crippen LogP contribution in [0.2, 0.25) is 0 Å². The Bertz CT molecular complexity index is 841. The highest BCUT2D eigenvalue weighted by atomic mass is 16.5. The number of carbonyl (C=O) groups is 2. The normalized spacial score (nSPS) is 15.7. The lowest BCUT2D eigenvalue weighted by Crippen LogP contribution is -2.43. The van der Waals surface area contributed by atoms with E-state index in [9.17, 15) is 9.59 Å². The van der Waals surface area contributed by atoms with Crippen molar-refractivity contribution in [1.29, 1.82) is 0 Å². The minimum absolute atomic E-state index is 0.0460. The van der Waals surface area contributed by atoms with Crippen molar-refractivity contribution in [3.05, 3.63) is 59.7 Å². The van der Waals surface area contributed by atoms with Crippen LogP contribution in [-0.4, -0.2) is 44.1 Å². The largest absolute Gasteiger partial charge is 0.497 e. The van der Waals surface area contributed by atoms with E-state index in [1.807, 2.05) is 53.4 Å². The molecule has 29 heavy (non-hydrogen) atoms. The highest BCUT2D eigenvalue weighted by Gasteiger charge is 2.31. The summed E-state index contributed by atoms with van der Waals surface area (Å²) < 4.78 is 10.8. The molecule has 1 unspecified atom stereocenters. The van der Waals surface area contributed by atoms with Crippen LogP contribution < -0.4 is 20.1 Å². The lowest BCUT2D eigenvalue weighted by Gasteiger charge is -2.26. The zero-order valence-electron chi connectivity index (χ0n) is 16.8. The van der Waals surface area contributed by atoms with Crippen molar-refractivity contribution in [2.45, 2.75) is 25.4 Å². The third-order valence-corrected chi connectivity index (χ3v) is 5.07. The highest BCUT2D eigenvalue weighted by molar-refractivity contribution is 5.84. The van der Waals surface area contributed by atoms with Gasteiger partial charge in [0, 0.05) is 24.7 Å². The van der Waals surface area contributed by atoms with Gasteiger partial charge in [0.15, 0.2) is 0 Å². The van der Waals surface area contributed by atoms with Gasteiger partial charge in [0.1, 0.15) is 11.5 Å². The molecular formula is C22H27N3O4. The van der Waals surface area contributed by atoms with Gasteiger partial charge in [-0.2, -0.15) is 0 Å². The second-order valence-corrected chi connectivity index (χ2v) is 6.87. The first-order chi connectivity index (χ1) is 14.1. The van der Waals surface area contributed by atoms with Crippen LogP contribution in [0.3, 0.4) is 0 Å². The smallest absolute Gasteiger partial charge is 0.315 e. The fraction of sp³-hybridized carbons (Fsp3) is 0.364. The predicted molar refractivity (Wildman–Crippen MR) is 110 cm³/mol. The second-order valence-electron chi connectivity index (χ2n) is 6.87. The Labute approximate surface area is 171 Å². The third-order valence-electron chi connectivity index (χ3n) is 5.07. The number of methoxy groups -OCH3 is 2. The van der Waals surface area contributed by atoms with Crippen LogP contribution in [0.4, 0.5) is 4.79 Å². The fourth-order valence-corrected chi connectivity index (χ4v) is 3.58. The average Bonchev–Trinajstić information content (AvgIpc) is 3.26. The topological polar surface area (TPSA) is 79.9 Å². The number of amides is 3. The van der Waals surface area contributed by atoms with Crippen LogP contribution in [-0.2, 0) is 11.3 Å². The molecule has 2 aromatic carbocycles. The molecule has 1 fully saturated rings. The van der Waals surface area contributed by atoms with E-state index in [2.05, 4.69) is 10.6 Å². The van der Waals surface area contributed by atoms with Gasteiger partial charge in [-0.3, -0.25) is 4.79 Å². The lowest BCUT2D eigenvalue weighted by molar-refractivity contribution is -0.131. The maximum absolute atomic E-state index is 12.7. The molecule has 0 radical (unpaired) electrons. The number of nitrogens with one attached hydrogen (secondary N) is 2. The minimum atomic E-state index is -0.361. The summed E-state index contributed by atoms with van der Waals surface area (Å²) >= 11 is 0. The molecule has 1 saturated heterocycles. The fourth-order valence-electron chi connectivity index (χ4n) is 3.58. The van der Waals surface area contributed by atoms with Crippen molar-refractivity contribution in [3.8, 4) is 11.5 Å². The number of nitrogens with zero attached hydrogens (tertiary/aromatic N) is 1. The molecule has 7 nitrogen and oxygen atoms in total. The number of hydrogen-bond donors (Lipinski definition) is 2. The minimum Gasteiger partial charge on any atom is -0.497 e. The van der Waals surface area contributed by atoms with Crippen LogP contribution in [0.15, 0.2) is 48.5 Å². The molecule has 0 spiro atoms. The molecule has 1 atom stereocenters.